The number of fused-ring (bicyclic) bond motifs is 1. The molecule has 0 N–H and O–H groups in total. The molecular weight excluding hydrogens is 565 g/mol. The highest BCUT2D eigenvalue weighted by atomic mass is 19.4. The highest BCUT2D eigenvalue weighted by Gasteiger charge is 2.31. The topological polar surface area (TPSA) is 106 Å². The van der Waals surface area contributed by atoms with Crippen LogP contribution >= 0.6 is 0 Å². The molecule has 0 radical (unpaired) electrons. The maximum atomic E-state index is 13.8. The van der Waals surface area contributed by atoms with Crippen LogP contribution in [0.2, 0.25) is 0 Å². The number of nitrogens with zero attached hydrogens (tertiary/aromatic N) is 6. The minimum absolute atomic E-state index is 0.0523. The highest BCUT2D eigenvalue weighted by molar-refractivity contribution is 5.77. The van der Waals surface area contributed by atoms with Crippen LogP contribution in [0, 0.1) is 0 Å². The van der Waals surface area contributed by atoms with Gasteiger partial charge in [0.15, 0.2) is 17.4 Å². The van der Waals surface area contributed by atoms with Gasteiger partial charge in [0.25, 0.3) is 5.56 Å². The number of benzene rings is 1. The first-order valence-corrected chi connectivity index (χ1v) is 14.7. The van der Waals surface area contributed by atoms with Crippen molar-refractivity contribution in [2.45, 2.75) is 98.3 Å². The van der Waals surface area contributed by atoms with Gasteiger partial charge in [0.05, 0.1) is 23.9 Å². The number of aryl methyl sites for hydroxylation is 1. The van der Waals surface area contributed by atoms with Gasteiger partial charge in [-0.05, 0) is 37.5 Å². The molecule has 0 aliphatic carbocycles. The van der Waals surface area contributed by atoms with E-state index in [1.54, 1.807) is 23.8 Å². The monoisotopic (exact) mass is 602 g/mol. The number of alkyl halides is 3. The fourth-order valence-electron chi connectivity index (χ4n) is 5.10. The standard InChI is InChI=1S/C30H37F3N6O4/c1-5-9-10-14-24(40)43-23(7-3)39-25-27(37(8-4)29(42)38(15-6-2)28(25)41)35-26(39)21-17-34-36(19-21)18-20-12-11-13-22(16-20)30(31,32)33/h11-13,16-17,19,23H,5-10,14-15,18H2,1-4H3. The van der Waals surface area contributed by atoms with Crippen molar-refractivity contribution in [3.05, 3.63) is 68.6 Å². The average Bonchev–Trinajstić information content (AvgIpc) is 3.59. The number of ether oxygens (including phenoxy) is 1. The molecule has 0 spiro atoms. The number of hydrogen-bond donors (Lipinski definition) is 0. The number of carbonyl (C=O) groups excluding carboxylic acids is 1. The van der Waals surface area contributed by atoms with Gasteiger partial charge < -0.3 is 4.74 Å². The molecule has 43 heavy (non-hydrogen) atoms. The Balaban J connectivity index is 1.86. The Morgan fingerprint density at radius 3 is 2.47 bits per heavy atom. The van der Waals surface area contributed by atoms with Gasteiger partial charge in [0, 0.05) is 32.1 Å². The number of rotatable bonds is 13. The van der Waals surface area contributed by atoms with E-state index in [9.17, 15) is 27.6 Å². The van der Waals surface area contributed by atoms with Crippen LogP contribution < -0.4 is 11.2 Å². The second-order valence-corrected chi connectivity index (χ2v) is 10.4. The molecule has 10 nitrogen and oxygen atoms in total. The molecule has 1 aromatic carbocycles. The molecule has 1 atom stereocenters. The van der Waals surface area contributed by atoms with E-state index in [1.807, 2.05) is 20.8 Å². The van der Waals surface area contributed by atoms with Crippen molar-refractivity contribution in [2.75, 3.05) is 0 Å². The smallest absolute Gasteiger partial charge is 0.416 e. The molecule has 4 aromatic rings. The third kappa shape index (κ3) is 6.75. The van der Waals surface area contributed by atoms with E-state index < -0.39 is 35.2 Å². The van der Waals surface area contributed by atoms with Crippen molar-refractivity contribution in [3.8, 4) is 11.4 Å². The van der Waals surface area contributed by atoms with Gasteiger partial charge in [-0.1, -0.05) is 45.7 Å². The lowest BCUT2D eigenvalue weighted by atomic mass is 10.1. The van der Waals surface area contributed by atoms with Crippen LogP contribution in [0.4, 0.5) is 13.2 Å². The van der Waals surface area contributed by atoms with Crippen molar-refractivity contribution >= 4 is 17.1 Å². The normalized spacial score (nSPS) is 12.6. The Morgan fingerprint density at radius 2 is 1.81 bits per heavy atom. The van der Waals surface area contributed by atoms with Gasteiger partial charge in [0.1, 0.15) is 5.82 Å². The Morgan fingerprint density at radius 1 is 1.05 bits per heavy atom. The Labute approximate surface area is 246 Å². The van der Waals surface area contributed by atoms with Crippen LogP contribution in [-0.4, -0.2) is 34.4 Å². The van der Waals surface area contributed by atoms with E-state index in [0.29, 0.717) is 30.4 Å². The Bertz CT molecular complexity index is 1700. The van der Waals surface area contributed by atoms with Crippen LogP contribution in [0.25, 0.3) is 22.6 Å². The van der Waals surface area contributed by atoms with Crippen LogP contribution in [0.1, 0.15) is 83.6 Å². The second kappa shape index (κ2) is 13.4. The van der Waals surface area contributed by atoms with Crippen LogP contribution in [0.15, 0.2) is 46.2 Å². The van der Waals surface area contributed by atoms with E-state index in [1.165, 1.54) is 26.1 Å². The van der Waals surface area contributed by atoms with E-state index >= 15 is 0 Å². The summed E-state index contributed by atoms with van der Waals surface area (Å²) in [4.78, 5) is 44.6. The van der Waals surface area contributed by atoms with Crippen LogP contribution in [0.3, 0.4) is 0 Å². The molecular formula is C30H37F3N6O4. The van der Waals surface area contributed by atoms with Crippen LogP contribution in [-0.2, 0) is 35.3 Å². The predicted molar refractivity (Wildman–Crippen MR) is 156 cm³/mol. The summed E-state index contributed by atoms with van der Waals surface area (Å²) in [5, 5.41) is 4.34. The lowest BCUT2D eigenvalue weighted by Gasteiger charge is -2.21. The molecule has 0 fully saturated rings. The number of unbranched alkanes of at least 4 members (excludes halogenated alkanes) is 2. The van der Waals surface area contributed by atoms with Gasteiger partial charge in [-0.2, -0.15) is 18.3 Å². The number of hydrogen-bond acceptors (Lipinski definition) is 6. The molecule has 4 rings (SSSR count). The number of carbonyl (C=O) groups is 1. The van der Waals surface area contributed by atoms with Gasteiger partial charge in [-0.3, -0.25) is 28.0 Å². The predicted octanol–water partition coefficient (Wildman–Crippen LogP) is 5.75. The summed E-state index contributed by atoms with van der Waals surface area (Å²) in [6.45, 7) is 7.99. The number of halogens is 3. The summed E-state index contributed by atoms with van der Waals surface area (Å²) in [6, 6.07) is 4.99. The number of aromatic nitrogens is 6. The largest absolute Gasteiger partial charge is 0.441 e. The fourth-order valence-corrected chi connectivity index (χ4v) is 5.10. The molecule has 0 aliphatic rings. The van der Waals surface area contributed by atoms with Crippen molar-refractivity contribution < 1.29 is 22.7 Å². The van der Waals surface area contributed by atoms with E-state index in [0.717, 1.165) is 25.0 Å². The molecule has 0 saturated carbocycles. The van der Waals surface area contributed by atoms with E-state index in [2.05, 4.69) is 5.10 Å². The summed E-state index contributed by atoms with van der Waals surface area (Å²) < 4.78 is 51.2. The Kier molecular flexibility index (Phi) is 9.92. The Hall–Kier alpha value is -4.16. The van der Waals surface area contributed by atoms with Crippen LogP contribution in [0.5, 0.6) is 0 Å². The van der Waals surface area contributed by atoms with Gasteiger partial charge in [-0.15, -0.1) is 0 Å². The van der Waals surface area contributed by atoms with Gasteiger partial charge in [0.2, 0.25) is 0 Å². The maximum Gasteiger partial charge on any atom is 0.416 e. The minimum Gasteiger partial charge on any atom is -0.441 e. The van der Waals surface area contributed by atoms with Crippen molar-refractivity contribution in [3.63, 3.8) is 0 Å². The average molecular weight is 603 g/mol. The first-order chi connectivity index (χ1) is 20.5. The third-order valence-corrected chi connectivity index (χ3v) is 7.20. The first-order valence-electron chi connectivity index (χ1n) is 14.7. The van der Waals surface area contributed by atoms with E-state index in [4.69, 9.17) is 9.72 Å². The molecule has 0 amide bonds. The molecule has 0 bridgehead atoms. The molecule has 232 valence electrons. The number of imidazole rings is 1. The molecule has 13 heteroatoms. The maximum absolute atomic E-state index is 13.8. The summed E-state index contributed by atoms with van der Waals surface area (Å²) in [7, 11) is 0. The van der Waals surface area contributed by atoms with E-state index in [-0.39, 0.29) is 43.0 Å². The molecule has 0 saturated heterocycles. The van der Waals surface area contributed by atoms with Crippen molar-refractivity contribution in [1.82, 2.24) is 28.5 Å². The fraction of sp³-hybridized carbons (Fsp3) is 0.500. The lowest BCUT2D eigenvalue weighted by Crippen LogP contribution is -2.40. The number of esters is 1. The molecule has 3 aromatic heterocycles. The zero-order valence-corrected chi connectivity index (χ0v) is 24.9. The molecule has 1 unspecified atom stereocenters. The quantitative estimate of drug-likeness (QED) is 0.143. The van der Waals surface area contributed by atoms with Gasteiger partial charge >= 0.3 is 17.8 Å². The summed E-state index contributed by atoms with van der Waals surface area (Å²) >= 11 is 0. The molecule has 3 heterocycles. The minimum atomic E-state index is -4.47. The third-order valence-electron chi connectivity index (χ3n) is 7.20. The zero-order chi connectivity index (χ0) is 31.3. The van der Waals surface area contributed by atoms with Gasteiger partial charge in [-0.25, -0.2) is 9.78 Å². The summed E-state index contributed by atoms with van der Waals surface area (Å²) in [6.07, 6.45) is 1.30. The lowest BCUT2D eigenvalue weighted by molar-refractivity contribution is -0.154. The van der Waals surface area contributed by atoms with Crippen molar-refractivity contribution in [2.24, 2.45) is 0 Å². The highest BCUT2D eigenvalue weighted by Crippen LogP contribution is 2.31. The summed E-state index contributed by atoms with van der Waals surface area (Å²) in [5.74, 6) is -0.155. The molecule has 0 aliphatic heterocycles. The summed E-state index contributed by atoms with van der Waals surface area (Å²) in [5.41, 5.74) is -0.653. The first kappa shape index (κ1) is 31.8. The van der Waals surface area contributed by atoms with Crippen molar-refractivity contribution in [1.29, 1.82) is 0 Å². The zero-order valence-electron chi connectivity index (χ0n) is 24.9. The SMILES string of the molecule is CCCCCC(=O)OC(CC)n1c(-c2cnn(Cc3cccc(C(F)(F)F)c3)c2)nc2c1c(=O)n(CCC)c(=O)n2CC. The second-order valence-electron chi connectivity index (χ2n) is 10.4.